The van der Waals surface area contributed by atoms with Crippen molar-refractivity contribution in [3.8, 4) is 0 Å². The van der Waals surface area contributed by atoms with Crippen LogP contribution in [0.3, 0.4) is 0 Å². The van der Waals surface area contributed by atoms with Crippen LogP contribution in [0.1, 0.15) is 10.8 Å². The Labute approximate surface area is 121 Å². The molecule has 4 heteroatoms. The maximum absolute atomic E-state index is 6.00. The van der Waals surface area contributed by atoms with Gasteiger partial charge in [-0.2, -0.15) is 0 Å². The summed E-state index contributed by atoms with van der Waals surface area (Å²) in [6.07, 6.45) is 0. The Hall–Kier alpha value is -0.670. The molecule has 0 saturated carbocycles. The molecular weight excluding hydrogens is 285 g/mol. The molecular formula is C14H13Cl2NS. The van der Waals surface area contributed by atoms with Crippen LogP contribution in [0.25, 0.3) is 0 Å². The molecule has 1 nitrogen and oxygen atoms in total. The van der Waals surface area contributed by atoms with E-state index in [9.17, 15) is 0 Å². The fourth-order valence-corrected chi connectivity index (χ4v) is 3.18. The minimum absolute atomic E-state index is 0.183. The third-order valence-electron chi connectivity index (χ3n) is 2.51. The van der Waals surface area contributed by atoms with Gasteiger partial charge in [-0.25, -0.2) is 0 Å². The standard InChI is InChI=1S/C14H13Cl2NS/c15-11-4-1-3-10(7-11)14(9-17)18-13-6-2-5-12(16)8-13/h1-8,14H,9,17H2. The van der Waals surface area contributed by atoms with E-state index < -0.39 is 0 Å². The second kappa shape index (κ2) is 6.48. The first kappa shape index (κ1) is 13.8. The second-order valence-electron chi connectivity index (χ2n) is 3.85. The number of hydrogen-bond acceptors (Lipinski definition) is 2. The number of nitrogens with two attached hydrogens (primary N) is 1. The lowest BCUT2D eigenvalue weighted by Gasteiger charge is -2.15. The molecule has 0 aliphatic heterocycles. The molecule has 0 fully saturated rings. The van der Waals surface area contributed by atoms with Crippen molar-refractivity contribution in [1.29, 1.82) is 0 Å². The molecule has 0 bridgehead atoms. The van der Waals surface area contributed by atoms with Crippen LogP contribution < -0.4 is 5.73 Å². The van der Waals surface area contributed by atoms with Crippen molar-refractivity contribution in [2.75, 3.05) is 6.54 Å². The van der Waals surface area contributed by atoms with Gasteiger partial charge in [-0.3, -0.25) is 0 Å². The summed E-state index contributed by atoms with van der Waals surface area (Å²) in [6, 6.07) is 15.6. The Kier molecular flexibility index (Phi) is 4.95. The molecule has 94 valence electrons. The van der Waals surface area contributed by atoms with E-state index in [0.29, 0.717) is 6.54 Å². The fraction of sp³-hybridized carbons (Fsp3) is 0.143. The Bertz CT molecular complexity index is 531. The zero-order chi connectivity index (χ0) is 13.0. The normalized spacial score (nSPS) is 12.4. The predicted molar refractivity (Wildman–Crippen MR) is 80.6 cm³/mol. The molecule has 2 N–H and O–H groups in total. The minimum Gasteiger partial charge on any atom is -0.329 e. The SMILES string of the molecule is NCC(Sc1cccc(Cl)c1)c1cccc(Cl)c1. The van der Waals surface area contributed by atoms with Crippen molar-refractivity contribution in [3.63, 3.8) is 0 Å². The monoisotopic (exact) mass is 297 g/mol. The number of halogens is 2. The zero-order valence-electron chi connectivity index (χ0n) is 9.64. The van der Waals surface area contributed by atoms with E-state index in [1.165, 1.54) is 0 Å². The highest BCUT2D eigenvalue weighted by atomic mass is 35.5. The lowest BCUT2D eigenvalue weighted by atomic mass is 10.1. The summed E-state index contributed by atoms with van der Waals surface area (Å²) in [5, 5.41) is 1.65. The minimum atomic E-state index is 0.183. The number of benzene rings is 2. The summed E-state index contributed by atoms with van der Waals surface area (Å²) in [5.41, 5.74) is 6.98. The lowest BCUT2D eigenvalue weighted by Crippen LogP contribution is -2.09. The number of thioether (sulfide) groups is 1. The summed E-state index contributed by atoms with van der Waals surface area (Å²) in [5.74, 6) is 0. The average molecular weight is 298 g/mol. The molecule has 2 rings (SSSR count). The van der Waals surface area contributed by atoms with E-state index in [0.717, 1.165) is 20.5 Å². The third-order valence-corrected chi connectivity index (χ3v) is 4.25. The van der Waals surface area contributed by atoms with Crippen LogP contribution in [0.2, 0.25) is 10.0 Å². The summed E-state index contributed by atoms with van der Waals surface area (Å²) in [4.78, 5) is 1.11. The maximum atomic E-state index is 6.00. The van der Waals surface area contributed by atoms with Crippen LogP contribution in [0.5, 0.6) is 0 Å². The van der Waals surface area contributed by atoms with Gasteiger partial charge in [0.1, 0.15) is 0 Å². The van der Waals surface area contributed by atoms with Gasteiger partial charge in [-0.15, -0.1) is 11.8 Å². The lowest BCUT2D eigenvalue weighted by molar-refractivity contribution is 0.941. The van der Waals surface area contributed by atoms with Gasteiger partial charge in [0.25, 0.3) is 0 Å². The molecule has 2 aromatic rings. The molecule has 1 atom stereocenters. The molecule has 0 saturated heterocycles. The Morgan fingerprint density at radius 2 is 1.67 bits per heavy atom. The number of hydrogen-bond donors (Lipinski definition) is 1. The Morgan fingerprint density at radius 3 is 2.28 bits per heavy atom. The number of rotatable bonds is 4. The van der Waals surface area contributed by atoms with Crippen LogP contribution in [0, 0.1) is 0 Å². The molecule has 0 amide bonds. The van der Waals surface area contributed by atoms with Gasteiger partial charge in [0, 0.05) is 26.7 Å². The first-order valence-electron chi connectivity index (χ1n) is 5.57. The molecule has 18 heavy (non-hydrogen) atoms. The van der Waals surface area contributed by atoms with Crippen LogP contribution >= 0.6 is 35.0 Å². The van der Waals surface area contributed by atoms with Crippen LogP contribution in [-0.4, -0.2) is 6.54 Å². The third kappa shape index (κ3) is 3.66. The summed E-state index contributed by atoms with van der Waals surface area (Å²) in [7, 11) is 0. The predicted octanol–water partition coefficient (Wildman–Crippen LogP) is 4.79. The first-order chi connectivity index (χ1) is 8.69. The highest BCUT2D eigenvalue weighted by Gasteiger charge is 2.11. The van der Waals surface area contributed by atoms with Gasteiger partial charge in [-0.05, 0) is 35.9 Å². The van der Waals surface area contributed by atoms with Crippen LogP contribution in [0.4, 0.5) is 0 Å². The Morgan fingerprint density at radius 1 is 1.00 bits per heavy atom. The van der Waals surface area contributed by atoms with Crippen LogP contribution in [-0.2, 0) is 0 Å². The molecule has 0 heterocycles. The fourth-order valence-electron chi connectivity index (χ4n) is 1.66. The molecule has 0 aromatic heterocycles. The summed E-state index contributed by atoms with van der Waals surface area (Å²) < 4.78 is 0. The van der Waals surface area contributed by atoms with Crippen molar-refractivity contribution in [3.05, 3.63) is 64.1 Å². The summed E-state index contributed by atoms with van der Waals surface area (Å²) in [6.45, 7) is 0.553. The first-order valence-corrected chi connectivity index (χ1v) is 7.20. The van der Waals surface area contributed by atoms with E-state index in [1.54, 1.807) is 11.8 Å². The molecule has 2 aromatic carbocycles. The van der Waals surface area contributed by atoms with Gasteiger partial charge >= 0.3 is 0 Å². The van der Waals surface area contributed by atoms with Gasteiger partial charge in [-0.1, -0.05) is 41.4 Å². The van der Waals surface area contributed by atoms with Crippen molar-refractivity contribution >= 4 is 35.0 Å². The molecule has 0 aliphatic carbocycles. The average Bonchev–Trinajstić information content (AvgIpc) is 2.36. The molecule has 1 unspecified atom stereocenters. The van der Waals surface area contributed by atoms with Crippen molar-refractivity contribution < 1.29 is 0 Å². The highest BCUT2D eigenvalue weighted by Crippen LogP contribution is 2.36. The largest absolute Gasteiger partial charge is 0.329 e. The van der Waals surface area contributed by atoms with Gasteiger partial charge in [0.15, 0.2) is 0 Å². The molecule has 0 radical (unpaired) electrons. The quantitative estimate of drug-likeness (QED) is 0.822. The highest BCUT2D eigenvalue weighted by molar-refractivity contribution is 7.99. The van der Waals surface area contributed by atoms with E-state index in [4.69, 9.17) is 28.9 Å². The van der Waals surface area contributed by atoms with Crippen LogP contribution in [0.15, 0.2) is 53.4 Å². The topological polar surface area (TPSA) is 26.0 Å². The maximum Gasteiger partial charge on any atom is 0.0467 e. The Balaban J connectivity index is 2.19. The van der Waals surface area contributed by atoms with Crippen molar-refractivity contribution in [2.24, 2.45) is 5.73 Å². The summed E-state index contributed by atoms with van der Waals surface area (Å²) >= 11 is 13.7. The van der Waals surface area contributed by atoms with Crippen molar-refractivity contribution in [1.82, 2.24) is 0 Å². The molecule has 0 aliphatic rings. The second-order valence-corrected chi connectivity index (χ2v) is 6.00. The van der Waals surface area contributed by atoms with E-state index in [2.05, 4.69) is 0 Å². The van der Waals surface area contributed by atoms with Gasteiger partial charge in [0.2, 0.25) is 0 Å². The van der Waals surface area contributed by atoms with E-state index >= 15 is 0 Å². The van der Waals surface area contributed by atoms with E-state index in [1.807, 2.05) is 48.5 Å². The smallest absolute Gasteiger partial charge is 0.0467 e. The zero-order valence-corrected chi connectivity index (χ0v) is 12.0. The van der Waals surface area contributed by atoms with Gasteiger partial charge < -0.3 is 5.73 Å². The van der Waals surface area contributed by atoms with E-state index in [-0.39, 0.29) is 5.25 Å². The van der Waals surface area contributed by atoms with Gasteiger partial charge in [0.05, 0.1) is 0 Å². The van der Waals surface area contributed by atoms with Crippen molar-refractivity contribution in [2.45, 2.75) is 10.1 Å². The molecule has 0 spiro atoms.